The number of rotatable bonds is 5. The molecule has 0 bridgehead atoms. The van der Waals surface area contributed by atoms with Crippen LogP contribution in [0.15, 0.2) is 77.8 Å². The summed E-state index contributed by atoms with van der Waals surface area (Å²) in [7, 11) is 0. The fraction of sp³-hybridized carbons (Fsp3) is 0.0909. The van der Waals surface area contributed by atoms with Gasteiger partial charge in [0.1, 0.15) is 5.70 Å². The molecule has 0 unspecified atom stereocenters. The fourth-order valence-corrected chi connectivity index (χ4v) is 3.80. The zero-order valence-corrected chi connectivity index (χ0v) is 15.6. The van der Waals surface area contributed by atoms with E-state index in [1.807, 2.05) is 79.0 Å². The molecule has 5 heteroatoms. The van der Waals surface area contributed by atoms with Crippen LogP contribution < -0.4 is 5.32 Å². The minimum atomic E-state index is -0.298. The Bertz CT molecular complexity index is 1010. The predicted molar refractivity (Wildman–Crippen MR) is 108 cm³/mol. The normalized spacial score (nSPS) is 14.2. The molecule has 1 aromatic heterocycles. The molecule has 0 saturated heterocycles. The first-order chi connectivity index (χ1) is 13.1. The molecule has 4 rings (SSSR count). The fourth-order valence-electron chi connectivity index (χ4n) is 3.03. The highest BCUT2D eigenvalue weighted by Crippen LogP contribution is 2.33. The number of imide groups is 1. The summed E-state index contributed by atoms with van der Waals surface area (Å²) in [6.07, 6.45) is 0. The number of amides is 2. The Hall–Kier alpha value is -3.18. The van der Waals surface area contributed by atoms with Gasteiger partial charge in [-0.3, -0.25) is 14.5 Å². The molecule has 0 spiro atoms. The third-order valence-electron chi connectivity index (χ3n) is 4.44. The van der Waals surface area contributed by atoms with E-state index < -0.39 is 0 Å². The van der Waals surface area contributed by atoms with Crippen molar-refractivity contribution in [3.05, 3.63) is 93.8 Å². The molecule has 0 aliphatic carbocycles. The quantitative estimate of drug-likeness (QED) is 0.671. The van der Waals surface area contributed by atoms with Gasteiger partial charge in [-0.05, 0) is 36.1 Å². The third-order valence-corrected chi connectivity index (χ3v) is 5.33. The van der Waals surface area contributed by atoms with E-state index in [1.165, 1.54) is 16.2 Å². The number of carbonyl (C=O) groups is 2. The van der Waals surface area contributed by atoms with Crippen LogP contribution in [0.4, 0.5) is 5.69 Å². The van der Waals surface area contributed by atoms with Crippen LogP contribution >= 0.6 is 11.3 Å². The van der Waals surface area contributed by atoms with Gasteiger partial charge < -0.3 is 5.32 Å². The van der Waals surface area contributed by atoms with Crippen LogP contribution in [-0.4, -0.2) is 16.7 Å². The van der Waals surface area contributed by atoms with Crippen molar-refractivity contribution in [3.63, 3.8) is 0 Å². The van der Waals surface area contributed by atoms with Crippen molar-refractivity contribution < 1.29 is 9.59 Å². The van der Waals surface area contributed by atoms with Crippen molar-refractivity contribution in [2.24, 2.45) is 0 Å². The number of aryl methyl sites for hydroxylation is 1. The van der Waals surface area contributed by atoms with Crippen LogP contribution in [0, 0.1) is 6.92 Å². The molecule has 3 aromatic rings. The number of nitrogens with zero attached hydrogens (tertiary/aromatic N) is 1. The SMILES string of the molecule is Cc1ccc(NC2=C(c3cccs3)C(=O)N(Cc3ccccc3)C2=O)cc1. The van der Waals surface area contributed by atoms with Crippen LogP contribution in [0.25, 0.3) is 5.57 Å². The lowest BCUT2D eigenvalue weighted by Gasteiger charge is -2.15. The molecule has 27 heavy (non-hydrogen) atoms. The maximum absolute atomic E-state index is 13.1. The van der Waals surface area contributed by atoms with Gasteiger partial charge in [-0.25, -0.2) is 0 Å². The van der Waals surface area contributed by atoms with E-state index in [4.69, 9.17) is 0 Å². The average Bonchev–Trinajstić information content (AvgIpc) is 3.28. The molecule has 2 amide bonds. The van der Waals surface area contributed by atoms with Crippen LogP contribution in [0.1, 0.15) is 16.0 Å². The standard InChI is InChI=1S/C22H18N2O2S/c1-15-9-11-17(12-10-15)23-20-19(18-8-5-13-27-18)21(25)24(22(20)26)14-16-6-3-2-4-7-16/h2-13,23H,14H2,1H3. The van der Waals surface area contributed by atoms with Crippen LogP contribution in [-0.2, 0) is 16.1 Å². The highest BCUT2D eigenvalue weighted by Gasteiger charge is 2.39. The molecule has 0 atom stereocenters. The molecule has 2 heterocycles. The minimum absolute atomic E-state index is 0.256. The molecule has 2 aromatic carbocycles. The largest absolute Gasteiger partial charge is 0.350 e. The first-order valence-electron chi connectivity index (χ1n) is 8.65. The molecule has 1 aliphatic heterocycles. The van der Waals surface area contributed by atoms with Crippen molar-refractivity contribution in [1.82, 2.24) is 4.90 Å². The number of anilines is 1. The zero-order chi connectivity index (χ0) is 18.8. The van der Waals surface area contributed by atoms with E-state index in [2.05, 4.69) is 5.32 Å². The number of thiophene rings is 1. The summed E-state index contributed by atoms with van der Waals surface area (Å²) in [5.41, 5.74) is 3.61. The van der Waals surface area contributed by atoms with Gasteiger partial charge in [-0.1, -0.05) is 54.1 Å². The molecule has 0 fully saturated rings. The van der Waals surface area contributed by atoms with Crippen molar-refractivity contribution >= 4 is 34.4 Å². The highest BCUT2D eigenvalue weighted by atomic mass is 32.1. The van der Waals surface area contributed by atoms with E-state index in [0.717, 1.165) is 21.7 Å². The van der Waals surface area contributed by atoms with Gasteiger partial charge in [0, 0.05) is 10.6 Å². The van der Waals surface area contributed by atoms with Crippen molar-refractivity contribution in [1.29, 1.82) is 0 Å². The predicted octanol–water partition coefficient (Wildman–Crippen LogP) is 4.45. The number of nitrogens with one attached hydrogen (secondary N) is 1. The van der Waals surface area contributed by atoms with Gasteiger partial charge in [0.2, 0.25) is 0 Å². The topological polar surface area (TPSA) is 49.4 Å². The summed E-state index contributed by atoms with van der Waals surface area (Å²) in [6.45, 7) is 2.26. The first kappa shape index (κ1) is 17.2. The third kappa shape index (κ3) is 3.41. The monoisotopic (exact) mass is 374 g/mol. The second-order valence-electron chi connectivity index (χ2n) is 6.40. The lowest BCUT2D eigenvalue weighted by molar-refractivity contribution is -0.137. The second kappa shape index (κ2) is 7.21. The average molecular weight is 374 g/mol. The smallest absolute Gasteiger partial charge is 0.278 e. The van der Waals surface area contributed by atoms with Crippen LogP contribution in [0.2, 0.25) is 0 Å². The van der Waals surface area contributed by atoms with Crippen molar-refractivity contribution in [2.45, 2.75) is 13.5 Å². The van der Waals surface area contributed by atoms with Gasteiger partial charge in [-0.15, -0.1) is 11.3 Å². The number of hydrogen-bond acceptors (Lipinski definition) is 4. The molecule has 134 valence electrons. The summed E-state index contributed by atoms with van der Waals surface area (Å²) >= 11 is 1.45. The van der Waals surface area contributed by atoms with Gasteiger partial charge in [-0.2, -0.15) is 0 Å². The van der Waals surface area contributed by atoms with Crippen molar-refractivity contribution in [3.8, 4) is 0 Å². The first-order valence-corrected chi connectivity index (χ1v) is 9.53. The van der Waals surface area contributed by atoms with Crippen molar-refractivity contribution in [2.75, 3.05) is 5.32 Å². The molecule has 1 aliphatic rings. The van der Waals surface area contributed by atoms with E-state index in [-0.39, 0.29) is 18.4 Å². The van der Waals surface area contributed by atoms with E-state index >= 15 is 0 Å². The summed E-state index contributed by atoms with van der Waals surface area (Å²) in [6, 6.07) is 21.1. The lowest BCUT2D eigenvalue weighted by atomic mass is 10.1. The van der Waals surface area contributed by atoms with Crippen LogP contribution in [0.3, 0.4) is 0 Å². The lowest BCUT2D eigenvalue weighted by Crippen LogP contribution is -2.31. The Labute approximate surface area is 161 Å². The molecule has 4 nitrogen and oxygen atoms in total. The van der Waals surface area contributed by atoms with Gasteiger partial charge in [0.25, 0.3) is 11.8 Å². The van der Waals surface area contributed by atoms with E-state index in [1.54, 1.807) is 0 Å². The van der Waals surface area contributed by atoms with Gasteiger partial charge in [0.15, 0.2) is 0 Å². The maximum atomic E-state index is 13.1. The molecule has 1 N–H and O–H groups in total. The number of carbonyl (C=O) groups excluding carboxylic acids is 2. The van der Waals surface area contributed by atoms with Gasteiger partial charge in [0.05, 0.1) is 12.1 Å². The highest BCUT2D eigenvalue weighted by molar-refractivity contribution is 7.11. The molecule has 0 saturated carbocycles. The van der Waals surface area contributed by atoms with E-state index in [0.29, 0.717) is 11.3 Å². The molecule has 0 radical (unpaired) electrons. The number of benzene rings is 2. The Morgan fingerprint density at radius 1 is 0.889 bits per heavy atom. The van der Waals surface area contributed by atoms with Gasteiger partial charge >= 0.3 is 0 Å². The Morgan fingerprint density at radius 3 is 2.30 bits per heavy atom. The summed E-state index contributed by atoms with van der Waals surface area (Å²) in [5.74, 6) is -0.561. The van der Waals surface area contributed by atoms with Crippen LogP contribution in [0.5, 0.6) is 0 Å². The molecular formula is C22H18N2O2S. The zero-order valence-electron chi connectivity index (χ0n) is 14.8. The second-order valence-corrected chi connectivity index (χ2v) is 7.35. The maximum Gasteiger partial charge on any atom is 0.278 e. The minimum Gasteiger partial charge on any atom is -0.350 e. The summed E-state index contributed by atoms with van der Waals surface area (Å²) in [4.78, 5) is 28.3. The Balaban J connectivity index is 1.70. The molecular weight excluding hydrogens is 356 g/mol. The Kier molecular flexibility index (Phi) is 4.60. The summed E-state index contributed by atoms with van der Waals surface area (Å²) in [5, 5.41) is 5.08. The number of hydrogen-bond donors (Lipinski definition) is 1. The van der Waals surface area contributed by atoms with E-state index in [9.17, 15) is 9.59 Å². The summed E-state index contributed by atoms with van der Waals surface area (Å²) < 4.78 is 0. The Morgan fingerprint density at radius 2 is 1.63 bits per heavy atom.